The number of rotatable bonds is 9. The molecule has 1 aromatic carbocycles. The predicted molar refractivity (Wildman–Crippen MR) is 114 cm³/mol. The first-order chi connectivity index (χ1) is 14.9. The summed E-state index contributed by atoms with van der Waals surface area (Å²) in [6.07, 6.45) is 3.24. The number of methoxy groups -OCH3 is 1. The number of nitrogens with zero attached hydrogens (tertiary/aromatic N) is 4. The fourth-order valence-electron chi connectivity index (χ4n) is 3.23. The maximum absolute atomic E-state index is 12.4. The molecule has 0 saturated heterocycles. The Hall–Kier alpha value is -3.62. The number of amides is 1. The monoisotopic (exact) mass is 425 g/mol. The fraction of sp³-hybridized carbons (Fsp3) is 0.364. The smallest absolute Gasteiger partial charge is 0.358 e. The zero-order valence-corrected chi connectivity index (χ0v) is 18.2. The van der Waals surface area contributed by atoms with E-state index in [-0.39, 0.29) is 11.6 Å². The molecule has 9 heteroatoms. The lowest BCUT2D eigenvalue weighted by atomic mass is 10.1. The normalized spacial score (nSPS) is 10.7. The van der Waals surface area contributed by atoms with Gasteiger partial charge in [0, 0.05) is 19.3 Å². The lowest BCUT2D eigenvalue weighted by Crippen LogP contribution is -2.30. The van der Waals surface area contributed by atoms with Gasteiger partial charge in [-0.2, -0.15) is 5.10 Å². The van der Waals surface area contributed by atoms with E-state index >= 15 is 0 Å². The second-order valence-electron chi connectivity index (χ2n) is 7.05. The van der Waals surface area contributed by atoms with Gasteiger partial charge in [-0.3, -0.25) is 9.48 Å². The summed E-state index contributed by atoms with van der Waals surface area (Å²) in [5.41, 5.74) is 3.65. The van der Waals surface area contributed by atoms with Crippen LogP contribution in [0.3, 0.4) is 0 Å². The van der Waals surface area contributed by atoms with Crippen molar-refractivity contribution in [3.8, 4) is 5.75 Å². The third-order valence-corrected chi connectivity index (χ3v) is 4.86. The van der Waals surface area contributed by atoms with E-state index in [2.05, 4.69) is 20.1 Å². The van der Waals surface area contributed by atoms with Crippen LogP contribution in [0.2, 0.25) is 0 Å². The number of nitrogens with one attached hydrogen (secondary N) is 1. The second-order valence-corrected chi connectivity index (χ2v) is 7.05. The first-order valence-electron chi connectivity index (χ1n) is 10.1. The molecule has 2 aromatic heterocycles. The summed E-state index contributed by atoms with van der Waals surface area (Å²) < 4.78 is 14.1. The Morgan fingerprint density at radius 2 is 2.03 bits per heavy atom. The van der Waals surface area contributed by atoms with Crippen LogP contribution in [-0.2, 0) is 17.8 Å². The Labute approximate surface area is 181 Å². The van der Waals surface area contributed by atoms with E-state index in [1.54, 1.807) is 23.3 Å². The van der Waals surface area contributed by atoms with E-state index in [0.29, 0.717) is 31.9 Å². The van der Waals surface area contributed by atoms with Crippen LogP contribution < -0.4 is 10.1 Å². The maximum atomic E-state index is 12.4. The molecule has 3 aromatic rings. The molecule has 0 aliphatic carbocycles. The van der Waals surface area contributed by atoms with E-state index in [0.717, 1.165) is 22.6 Å². The fourth-order valence-corrected chi connectivity index (χ4v) is 3.23. The van der Waals surface area contributed by atoms with Gasteiger partial charge in [-0.15, -0.1) is 0 Å². The van der Waals surface area contributed by atoms with E-state index in [4.69, 9.17) is 4.74 Å². The number of imidazole rings is 1. The molecule has 0 bridgehead atoms. The Balaban J connectivity index is 1.56. The van der Waals surface area contributed by atoms with Crippen molar-refractivity contribution in [2.75, 3.05) is 20.3 Å². The van der Waals surface area contributed by atoms with Crippen LogP contribution >= 0.6 is 0 Å². The van der Waals surface area contributed by atoms with Crippen LogP contribution in [0.5, 0.6) is 5.75 Å². The Bertz CT molecular complexity index is 1070. The minimum Gasteiger partial charge on any atom is -0.491 e. The molecule has 0 fully saturated rings. The maximum Gasteiger partial charge on any atom is 0.358 e. The van der Waals surface area contributed by atoms with Gasteiger partial charge < -0.3 is 19.4 Å². The van der Waals surface area contributed by atoms with E-state index in [9.17, 15) is 9.59 Å². The Kier molecular flexibility index (Phi) is 7.07. The average molecular weight is 425 g/mol. The number of aromatic nitrogens is 4. The highest BCUT2D eigenvalue weighted by atomic mass is 16.5. The molecule has 164 valence electrons. The number of benzene rings is 1. The molecule has 1 amide bonds. The molecule has 0 aliphatic rings. The Morgan fingerprint density at radius 1 is 1.23 bits per heavy atom. The number of hydrogen-bond donors (Lipinski definition) is 1. The van der Waals surface area contributed by atoms with Crippen LogP contribution in [0.15, 0.2) is 36.8 Å². The summed E-state index contributed by atoms with van der Waals surface area (Å²) in [7, 11) is 1.33. The van der Waals surface area contributed by atoms with Crippen LogP contribution in [0.1, 0.15) is 44.7 Å². The minimum absolute atomic E-state index is 0.168. The molecule has 0 spiro atoms. The molecular weight excluding hydrogens is 398 g/mol. The van der Waals surface area contributed by atoms with Crippen LogP contribution in [0.4, 0.5) is 0 Å². The number of carbonyl (C=O) groups excluding carboxylic acids is 2. The molecule has 2 heterocycles. The van der Waals surface area contributed by atoms with E-state index in [1.807, 2.05) is 43.5 Å². The molecular formula is C22H27N5O4. The van der Waals surface area contributed by atoms with E-state index in [1.165, 1.54) is 7.11 Å². The van der Waals surface area contributed by atoms with Crippen molar-refractivity contribution in [3.63, 3.8) is 0 Å². The molecule has 0 radical (unpaired) electrons. The minimum atomic E-state index is -0.466. The third-order valence-electron chi connectivity index (χ3n) is 4.86. The molecule has 0 atom stereocenters. The summed E-state index contributed by atoms with van der Waals surface area (Å²) in [5, 5.41) is 7.16. The average Bonchev–Trinajstić information content (AvgIpc) is 3.39. The van der Waals surface area contributed by atoms with Crippen molar-refractivity contribution in [3.05, 3.63) is 65.0 Å². The quantitative estimate of drug-likeness (QED) is 0.417. The molecule has 31 heavy (non-hydrogen) atoms. The molecule has 1 N–H and O–H groups in total. The standard InChI is InChI=1S/C22H27N5O4/c1-5-27-19(11-15(2)25-27)21(28)23-9-10-31-20-8-6-7-17(16(20)3)12-26-13-18(24-14-26)22(29)30-4/h6-8,11,13-14H,5,9-10,12H2,1-4H3,(H,23,28). The molecule has 0 aliphatic heterocycles. The van der Waals surface area contributed by atoms with Crippen molar-refractivity contribution in [1.29, 1.82) is 0 Å². The number of ether oxygens (including phenoxy) is 2. The lowest BCUT2D eigenvalue weighted by molar-refractivity contribution is 0.0594. The summed E-state index contributed by atoms with van der Waals surface area (Å²) in [6, 6.07) is 7.58. The predicted octanol–water partition coefficient (Wildman–Crippen LogP) is 2.36. The van der Waals surface area contributed by atoms with E-state index < -0.39 is 5.97 Å². The summed E-state index contributed by atoms with van der Waals surface area (Å²) in [6.45, 7) is 7.68. The number of hydrogen-bond acceptors (Lipinski definition) is 6. The number of carbonyl (C=O) groups is 2. The second kappa shape index (κ2) is 9.92. The van der Waals surface area contributed by atoms with Crippen molar-refractivity contribution in [1.82, 2.24) is 24.6 Å². The van der Waals surface area contributed by atoms with Gasteiger partial charge in [0.1, 0.15) is 18.1 Å². The van der Waals surface area contributed by atoms with Crippen LogP contribution in [0.25, 0.3) is 0 Å². The van der Waals surface area contributed by atoms with Gasteiger partial charge in [0.25, 0.3) is 5.91 Å². The Morgan fingerprint density at radius 3 is 2.77 bits per heavy atom. The van der Waals surface area contributed by atoms with Gasteiger partial charge in [0.05, 0.1) is 25.7 Å². The van der Waals surface area contributed by atoms with Gasteiger partial charge in [0.15, 0.2) is 5.69 Å². The highest BCUT2D eigenvalue weighted by Crippen LogP contribution is 2.22. The van der Waals surface area contributed by atoms with Gasteiger partial charge in [0.2, 0.25) is 0 Å². The van der Waals surface area contributed by atoms with Crippen molar-refractivity contribution in [2.24, 2.45) is 0 Å². The highest BCUT2D eigenvalue weighted by molar-refractivity contribution is 5.92. The van der Waals surface area contributed by atoms with Crippen molar-refractivity contribution >= 4 is 11.9 Å². The SMILES string of the molecule is CCn1nc(C)cc1C(=O)NCCOc1cccc(Cn2cnc(C(=O)OC)c2)c1C. The number of aryl methyl sites for hydroxylation is 2. The molecule has 3 rings (SSSR count). The van der Waals surface area contributed by atoms with Gasteiger partial charge in [-0.1, -0.05) is 12.1 Å². The first-order valence-corrected chi connectivity index (χ1v) is 10.1. The largest absolute Gasteiger partial charge is 0.491 e. The molecule has 0 saturated carbocycles. The third kappa shape index (κ3) is 5.30. The zero-order valence-electron chi connectivity index (χ0n) is 18.2. The van der Waals surface area contributed by atoms with Gasteiger partial charge >= 0.3 is 5.97 Å². The molecule has 0 unspecified atom stereocenters. The van der Waals surface area contributed by atoms with Crippen LogP contribution in [0, 0.1) is 13.8 Å². The molecule has 9 nitrogen and oxygen atoms in total. The van der Waals surface area contributed by atoms with Crippen LogP contribution in [-0.4, -0.2) is 51.5 Å². The van der Waals surface area contributed by atoms with Crippen molar-refractivity contribution in [2.45, 2.75) is 33.9 Å². The van der Waals surface area contributed by atoms with Gasteiger partial charge in [-0.05, 0) is 44.0 Å². The summed E-state index contributed by atoms with van der Waals surface area (Å²) >= 11 is 0. The summed E-state index contributed by atoms with van der Waals surface area (Å²) in [4.78, 5) is 28.0. The zero-order chi connectivity index (χ0) is 22.4. The van der Waals surface area contributed by atoms with Gasteiger partial charge in [-0.25, -0.2) is 9.78 Å². The first kappa shape index (κ1) is 22.1. The summed E-state index contributed by atoms with van der Waals surface area (Å²) in [5.74, 6) is 0.110. The number of esters is 1. The highest BCUT2D eigenvalue weighted by Gasteiger charge is 2.13. The lowest BCUT2D eigenvalue weighted by Gasteiger charge is -2.13. The van der Waals surface area contributed by atoms with Crippen molar-refractivity contribution < 1.29 is 19.1 Å². The topological polar surface area (TPSA) is 100 Å².